The minimum atomic E-state index is -4.14. The first-order chi connectivity index (χ1) is 21.5. The van der Waals surface area contributed by atoms with E-state index in [0.29, 0.717) is 11.3 Å². The molecule has 13 heteroatoms. The number of benzene rings is 2. The summed E-state index contributed by atoms with van der Waals surface area (Å²) in [5.41, 5.74) is 0.228. The Balaban J connectivity index is 1.68. The van der Waals surface area contributed by atoms with Gasteiger partial charge in [-0.15, -0.1) is 11.3 Å². The van der Waals surface area contributed by atoms with Gasteiger partial charge < -0.3 is 9.47 Å². The molecule has 10 nitrogen and oxygen atoms in total. The third-order valence-electron chi connectivity index (χ3n) is 6.17. The molecule has 0 saturated carbocycles. The smallest absolute Gasteiger partial charge is 0.416 e. The molecule has 0 fully saturated rings. The number of pyridine rings is 1. The fourth-order valence-corrected chi connectivity index (χ4v) is 6.29. The number of sulfonamides is 1. The third kappa shape index (κ3) is 9.65. The number of thiazole rings is 1. The van der Waals surface area contributed by atoms with E-state index in [0.717, 1.165) is 27.6 Å². The molecule has 0 saturated heterocycles. The lowest BCUT2D eigenvalue weighted by Crippen LogP contribution is -2.42. The quantitative estimate of drug-likeness (QED) is 0.169. The maximum Gasteiger partial charge on any atom is 0.416 e. The topological polar surface area (TPSA) is 119 Å². The van der Waals surface area contributed by atoms with Crippen molar-refractivity contribution in [3.8, 4) is 10.6 Å². The molecule has 0 radical (unpaired) electrons. The van der Waals surface area contributed by atoms with Crippen LogP contribution in [0.5, 0.6) is 0 Å². The van der Waals surface area contributed by atoms with Gasteiger partial charge in [-0.1, -0.05) is 30.3 Å². The van der Waals surface area contributed by atoms with Gasteiger partial charge in [-0.2, -0.15) is 4.31 Å². The fourth-order valence-electron chi connectivity index (χ4n) is 4.25. The van der Waals surface area contributed by atoms with E-state index < -0.39 is 45.6 Å². The van der Waals surface area contributed by atoms with Crippen molar-refractivity contribution in [3.05, 3.63) is 95.4 Å². The molecule has 4 aromatic rings. The lowest BCUT2D eigenvalue weighted by molar-refractivity contribution is -0.153. The molecular formula is C33H37FN4O6S2. The van der Waals surface area contributed by atoms with Crippen molar-refractivity contribution in [2.75, 3.05) is 11.4 Å². The zero-order valence-electron chi connectivity index (χ0n) is 26.6. The van der Waals surface area contributed by atoms with Gasteiger partial charge in [0.2, 0.25) is 10.0 Å². The molecule has 2 aromatic heterocycles. The number of aromatic nitrogens is 2. The summed E-state index contributed by atoms with van der Waals surface area (Å²) in [6, 6.07) is 16.7. The lowest BCUT2D eigenvalue weighted by atomic mass is 10.1. The van der Waals surface area contributed by atoms with Gasteiger partial charge in [-0.25, -0.2) is 27.6 Å². The van der Waals surface area contributed by atoms with E-state index in [1.165, 1.54) is 33.8 Å². The Hall–Kier alpha value is -4.20. The maximum atomic E-state index is 13.9. The first kappa shape index (κ1) is 34.7. The van der Waals surface area contributed by atoms with Crippen LogP contribution in [0, 0.1) is 5.82 Å². The van der Waals surface area contributed by atoms with E-state index in [1.54, 1.807) is 59.9 Å². The first-order valence-corrected chi connectivity index (χ1v) is 16.7. The molecule has 46 heavy (non-hydrogen) atoms. The second-order valence-corrected chi connectivity index (χ2v) is 15.2. The maximum absolute atomic E-state index is 13.9. The van der Waals surface area contributed by atoms with Crippen molar-refractivity contribution >= 4 is 39.2 Å². The number of ether oxygens (including phenoxy) is 2. The van der Waals surface area contributed by atoms with Crippen LogP contribution in [0.15, 0.2) is 83.2 Å². The number of halogens is 1. The summed E-state index contributed by atoms with van der Waals surface area (Å²) in [6.45, 7) is 9.52. The average molecular weight is 669 g/mol. The van der Waals surface area contributed by atoms with Crippen LogP contribution in [0.1, 0.15) is 52.8 Å². The molecule has 0 aliphatic heterocycles. The van der Waals surface area contributed by atoms with Crippen LogP contribution in [0.3, 0.4) is 0 Å². The molecule has 244 valence electrons. The molecule has 0 unspecified atom stereocenters. The van der Waals surface area contributed by atoms with Crippen LogP contribution in [0.25, 0.3) is 10.6 Å². The number of carbonyl (C=O) groups is 2. The highest BCUT2D eigenvalue weighted by atomic mass is 32.2. The second kappa shape index (κ2) is 14.1. The van der Waals surface area contributed by atoms with E-state index in [1.807, 2.05) is 29.6 Å². The summed E-state index contributed by atoms with van der Waals surface area (Å²) in [4.78, 5) is 35.9. The molecule has 0 aliphatic rings. The van der Waals surface area contributed by atoms with Gasteiger partial charge in [0.25, 0.3) is 0 Å². The van der Waals surface area contributed by atoms with Crippen molar-refractivity contribution in [1.82, 2.24) is 14.3 Å². The lowest BCUT2D eigenvalue weighted by Gasteiger charge is -2.28. The second-order valence-electron chi connectivity index (χ2n) is 12.4. The summed E-state index contributed by atoms with van der Waals surface area (Å²) in [5, 5.41) is 2.71. The van der Waals surface area contributed by atoms with Gasteiger partial charge in [-0.3, -0.25) is 9.69 Å². The van der Waals surface area contributed by atoms with Crippen molar-refractivity contribution < 1.29 is 31.9 Å². The molecule has 4 rings (SSSR count). The predicted molar refractivity (Wildman–Crippen MR) is 174 cm³/mol. The molecule has 0 spiro atoms. The van der Waals surface area contributed by atoms with Crippen molar-refractivity contribution in [1.29, 1.82) is 0 Å². The van der Waals surface area contributed by atoms with Crippen LogP contribution in [0.2, 0.25) is 0 Å². The van der Waals surface area contributed by atoms with Gasteiger partial charge >= 0.3 is 12.1 Å². The zero-order chi connectivity index (χ0) is 33.7. The van der Waals surface area contributed by atoms with Crippen LogP contribution >= 0.6 is 11.3 Å². The number of carbonyl (C=O) groups excluding carboxylic acids is 2. The molecule has 1 amide bonds. The van der Waals surface area contributed by atoms with Crippen LogP contribution in [-0.4, -0.2) is 52.5 Å². The Labute approximate surface area is 272 Å². The number of hydrogen-bond donors (Lipinski definition) is 0. The SMILES string of the molecule is CC(C)(C)OC(=O)CN(C(=O)OC(C)(C)C)c1cccc(CN(Cc2ccc(-c3nccs3)cc2)S(=O)(=O)c2ccc(F)cc2)n1. The highest BCUT2D eigenvalue weighted by Crippen LogP contribution is 2.26. The Morgan fingerprint density at radius 1 is 0.870 bits per heavy atom. The highest BCUT2D eigenvalue weighted by molar-refractivity contribution is 7.89. The molecule has 2 heterocycles. The standard InChI is InChI=1S/C33H37FN4O6S2/c1-32(2,3)43-29(39)22-38(31(40)44-33(4,5)6)28-9-7-8-26(36-28)21-37(46(41,42)27-16-14-25(34)15-17-27)20-23-10-12-24(13-11-23)30-35-18-19-45-30/h7-19H,20-22H2,1-6H3. The molecule has 0 aliphatic carbocycles. The van der Waals surface area contributed by atoms with Gasteiger partial charge in [0, 0.05) is 23.7 Å². The average Bonchev–Trinajstić information content (AvgIpc) is 3.50. The fraction of sp³-hybridized carbons (Fsp3) is 0.333. The molecule has 0 bridgehead atoms. The Bertz CT molecular complexity index is 1750. The van der Waals surface area contributed by atoms with Gasteiger partial charge in [-0.05, 0) is 83.5 Å². The van der Waals surface area contributed by atoms with Gasteiger partial charge in [0.15, 0.2) is 0 Å². The minimum absolute atomic E-state index is 0.0303. The largest absolute Gasteiger partial charge is 0.459 e. The van der Waals surface area contributed by atoms with Crippen LogP contribution in [-0.2, 0) is 37.4 Å². The Kier molecular flexibility index (Phi) is 10.6. The van der Waals surface area contributed by atoms with Crippen molar-refractivity contribution in [3.63, 3.8) is 0 Å². The summed E-state index contributed by atoms with van der Waals surface area (Å²) in [7, 11) is -4.14. The number of rotatable bonds is 10. The van der Waals surface area contributed by atoms with E-state index >= 15 is 0 Å². The van der Waals surface area contributed by atoms with E-state index in [-0.39, 0.29) is 23.8 Å². The number of anilines is 1. The van der Waals surface area contributed by atoms with Gasteiger partial charge in [0.1, 0.15) is 34.4 Å². The van der Waals surface area contributed by atoms with E-state index in [2.05, 4.69) is 9.97 Å². The van der Waals surface area contributed by atoms with Crippen molar-refractivity contribution in [2.45, 2.75) is 70.7 Å². The molecular weight excluding hydrogens is 632 g/mol. The summed E-state index contributed by atoms with van der Waals surface area (Å²) in [5.74, 6) is -1.17. The monoisotopic (exact) mass is 668 g/mol. The Morgan fingerprint density at radius 3 is 2.11 bits per heavy atom. The number of esters is 1. The number of nitrogens with zero attached hydrogens (tertiary/aromatic N) is 4. The summed E-state index contributed by atoms with van der Waals surface area (Å²) in [6.07, 6.45) is 0.892. The molecule has 2 aromatic carbocycles. The number of hydrogen-bond acceptors (Lipinski definition) is 9. The summed E-state index contributed by atoms with van der Waals surface area (Å²) >= 11 is 1.49. The van der Waals surface area contributed by atoms with Crippen molar-refractivity contribution in [2.24, 2.45) is 0 Å². The van der Waals surface area contributed by atoms with Crippen LogP contribution in [0.4, 0.5) is 15.0 Å². The predicted octanol–water partition coefficient (Wildman–Crippen LogP) is 6.82. The number of amides is 1. The van der Waals surface area contributed by atoms with E-state index in [4.69, 9.17) is 9.47 Å². The molecule has 0 atom stereocenters. The van der Waals surface area contributed by atoms with E-state index in [9.17, 15) is 22.4 Å². The highest BCUT2D eigenvalue weighted by Gasteiger charge is 2.30. The van der Waals surface area contributed by atoms with Gasteiger partial charge in [0.05, 0.1) is 17.1 Å². The summed E-state index contributed by atoms with van der Waals surface area (Å²) < 4.78 is 53.7. The third-order valence-corrected chi connectivity index (χ3v) is 8.80. The first-order valence-electron chi connectivity index (χ1n) is 14.4. The molecule has 0 N–H and O–H groups in total. The minimum Gasteiger partial charge on any atom is -0.459 e. The normalized spacial score (nSPS) is 12.2. The van der Waals surface area contributed by atoms with Crippen LogP contribution < -0.4 is 4.90 Å². The Morgan fingerprint density at radius 2 is 1.52 bits per heavy atom. The zero-order valence-corrected chi connectivity index (χ0v) is 28.2.